The summed E-state index contributed by atoms with van der Waals surface area (Å²) in [5.74, 6) is 1.98. The molecule has 2 aliphatic heterocycles. The Bertz CT molecular complexity index is 1100. The van der Waals surface area contributed by atoms with Gasteiger partial charge in [-0.3, -0.25) is 0 Å². The van der Waals surface area contributed by atoms with Gasteiger partial charge in [0.2, 0.25) is 5.28 Å². The van der Waals surface area contributed by atoms with Crippen LogP contribution in [0.25, 0.3) is 11.3 Å². The topological polar surface area (TPSA) is 103 Å². The van der Waals surface area contributed by atoms with Gasteiger partial charge < -0.3 is 25.0 Å². The molecule has 10 heteroatoms. The Morgan fingerprint density at radius 2 is 1.91 bits per heavy atom. The van der Waals surface area contributed by atoms with Gasteiger partial charge in [0, 0.05) is 44.0 Å². The fourth-order valence-corrected chi connectivity index (χ4v) is 4.79. The summed E-state index contributed by atoms with van der Waals surface area (Å²) in [4.78, 5) is 13.1. The van der Waals surface area contributed by atoms with Crippen LogP contribution in [0, 0.1) is 0 Å². The lowest BCUT2D eigenvalue weighted by Crippen LogP contribution is -2.54. The van der Waals surface area contributed by atoms with Crippen molar-refractivity contribution in [3.8, 4) is 17.0 Å². The number of rotatable bonds is 6. The van der Waals surface area contributed by atoms with Crippen LogP contribution in [0.15, 0.2) is 42.6 Å². The highest BCUT2D eigenvalue weighted by molar-refractivity contribution is 6.28. The lowest BCUT2D eigenvalue weighted by atomic mass is 10.1. The first-order valence-corrected chi connectivity index (χ1v) is 10.9. The predicted molar refractivity (Wildman–Crippen MR) is 123 cm³/mol. The third-order valence-corrected chi connectivity index (χ3v) is 6.18. The number of fused-ring (bicyclic) bond motifs is 2. The SMILES string of the molecule is COCOc1ccccc1-c1cc(N2CC3CCC(C2)N3c2ccnc(Cl)n2)c(N)nn1. The van der Waals surface area contributed by atoms with Crippen LogP contribution in [0.4, 0.5) is 17.3 Å². The third-order valence-electron chi connectivity index (χ3n) is 6.00. The summed E-state index contributed by atoms with van der Waals surface area (Å²) in [5, 5.41) is 8.86. The summed E-state index contributed by atoms with van der Waals surface area (Å²) >= 11 is 6.04. The number of anilines is 3. The van der Waals surface area contributed by atoms with Crippen molar-refractivity contribution in [1.29, 1.82) is 0 Å². The van der Waals surface area contributed by atoms with Gasteiger partial charge in [-0.1, -0.05) is 12.1 Å². The van der Waals surface area contributed by atoms with E-state index in [9.17, 15) is 0 Å². The van der Waals surface area contributed by atoms with Crippen LogP contribution in [0.1, 0.15) is 12.8 Å². The summed E-state index contributed by atoms with van der Waals surface area (Å²) in [6.45, 7) is 1.79. The van der Waals surface area contributed by atoms with E-state index >= 15 is 0 Å². The molecular formula is C22H24ClN7O2. The number of nitrogen functional groups attached to an aromatic ring is 1. The largest absolute Gasteiger partial charge is 0.467 e. The number of aromatic nitrogens is 4. The zero-order valence-corrected chi connectivity index (χ0v) is 18.4. The molecule has 0 saturated carbocycles. The molecule has 0 radical (unpaired) electrons. The highest BCUT2D eigenvalue weighted by Crippen LogP contribution is 2.38. The Morgan fingerprint density at radius 3 is 2.66 bits per heavy atom. The van der Waals surface area contributed by atoms with E-state index in [0.717, 1.165) is 43.0 Å². The lowest BCUT2D eigenvalue weighted by Gasteiger charge is -2.42. The molecule has 2 atom stereocenters. The summed E-state index contributed by atoms with van der Waals surface area (Å²) in [6.07, 6.45) is 3.88. The van der Waals surface area contributed by atoms with Crippen LogP contribution < -0.4 is 20.3 Å². The van der Waals surface area contributed by atoms with Crippen LogP contribution in [-0.2, 0) is 4.74 Å². The normalized spacial score (nSPS) is 19.9. The summed E-state index contributed by atoms with van der Waals surface area (Å²) in [5.41, 5.74) is 8.71. The molecule has 166 valence electrons. The van der Waals surface area contributed by atoms with Gasteiger partial charge in [0.15, 0.2) is 12.6 Å². The van der Waals surface area contributed by atoms with Crippen molar-refractivity contribution < 1.29 is 9.47 Å². The van der Waals surface area contributed by atoms with Crippen molar-refractivity contribution in [1.82, 2.24) is 20.2 Å². The van der Waals surface area contributed by atoms with E-state index in [-0.39, 0.29) is 12.1 Å². The Kier molecular flexibility index (Phi) is 5.67. The molecule has 5 rings (SSSR count). The monoisotopic (exact) mass is 453 g/mol. The Hall–Kier alpha value is -3.17. The van der Waals surface area contributed by atoms with E-state index in [2.05, 4.69) is 30.0 Å². The van der Waals surface area contributed by atoms with Gasteiger partial charge >= 0.3 is 0 Å². The molecule has 3 aromatic rings. The van der Waals surface area contributed by atoms with E-state index in [1.165, 1.54) is 0 Å². The first-order chi connectivity index (χ1) is 15.6. The predicted octanol–water partition coefficient (Wildman–Crippen LogP) is 3.01. The maximum atomic E-state index is 6.28. The van der Waals surface area contributed by atoms with Crippen LogP contribution in [0.5, 0.6) is 5.75 Å². The molecule has 2 unspecified atom stereocenters. The molecule has 0 amide bonds. The Labute approximate surface area is 191 Å². The van der Waals surface area contributed by atoms with E-state index < -0.39 is 0 Å². The van der Waals surface area contributed by atoms with Gasteiger partial charge in [0.1, 0.15) is 11.6 Å². The highest BCUT2D eigenvalue weighted by atomic mass is 35.5. The smallest absolute Gasteiger partial charge is 0.224 e. The fraction of sp³-hybridized carbons (Fsp3) is 0.364. The van der Waals surface area contributed by atoms with Gasteiger partial charge in [-0.25, -0.2) is 9.97 Å². The zero-order valence-electron chi connectivity index (χ0n) is 17.7. The molecular weight excluding hydrogens is 430 g/mol. The molecule has 0 spiro atoms. The molecule has 2 aliphatic rings. The second-order valence-electron chi connectivity index (χ2n) is 7.93. The van der Waals surface area contributed by atoms with Crippen molar-refractivity contribution in [3.63, 3.8) is 0 Å². The minimum Gasteiger partial charge on any atom is -0.467 e. The summed E-state index contributed by atoms with van der Waals surface area (Å²) in [7, 11) is 1.59. The van der Waals surface area contributed by atoms with Crippen molar-refractivity contribution in [2.75, 3.05) is 42.5 Å². The van der Waals surface area contributed by atoms with Crippen LogP contribution in [-0.4, -0.2) is 59.2 Å². The summed E-state index contributed by atoms with van der Waals surface area (Å²) < 4.78 is 10.8. The average Bonchev–Trinajstić information content (AvgIpc) is 3.08. The molecule has 2 N–H and O–H groups in total. The van der Waals surface area contributed by atoms with Crippen LogP contribution >= 0.6 is 11.6 Å². The molecule has 4 heterocycles. The maximum absolute atomic E-state index is 6.28. The molecule has 2 saturated heterocycles. The van der Waals surface area contributed by atoms with Crippen molar-refractivity contribution in [2.24, 2.45) is 0 Å². The summed E-state index contributed by atoms with van der Waals surface area (Å²) in [6, 6.07) is 12.2. The van der Waals surface area contributed by atoms with Gasteiger partial charge in [0.05, 0.1) is 11.4 Å². The number of hydrogen-bond acceptors (Lipinski definition) is 9. The molecule has 1 aromatic carbocycles. The fourth-order valence-electron chi connectivity index (χ4n) is 4.65. The first-order valence-electron chi connectivity index (χ1n) is 10.5. The maximum Gasteiger partial charge on any atom is 0.224 e. The molecule has 0 aliphatic carbocycles. The number of halogens is 1. The standard InChI is InChI=1S/C22H24ClN7O2/c1-31-13-32-19-5-3-2-4-16(19)17-10-18(21(24)28-27-17)29-11-14-6-7-15(12-29)30(14)20-8-9-25-22(23)26-20/h2-5,8-10,14-15H,6-7,11-13H2,1H3,(H2,24,28). The van der Waals surface area contributed by atoms with Crippen molar-refractivity contribution in [2.45, 2.75) is 24.9 Å². The van der Waals surface area contributed by atoms with Gasteiger partial charge in [-0.15, -0.1) is 10.2 Å². The van der Waals surface area contributed by atoms with Gasteiger partial charge in [-0.2, -0.15) is 0 Å². The van der Waals surface area contributed by atoms with Gasteiger partial charge in [-0.05, 0) is 48.7 Å². The molecule has 2 bridgehead atoms. The minimum atomic E-state index is 0.157. The average molecular weight is 454 g/mol. The van der Waals surface area contributed by atoms with Crippen molar-refractivity contribution >= 4 is 28.9 Å². The van der Waals surface area contributed by atoms with Crippen molar-refractivity contribution in [3.05, 3.63) is 47.9 Å². The van der Waals surface area contributed by atoms with Crippen LogP contribution in [0.2, 0.25) is 5.28 Å². The number of nitrogens with zero attached hydrogens (tertiary/aromatic N) is 6. The van der Waals surface area contributed by atoms with Gasteiger partial charge in [0.25, 0.3) is 0 Å². The number of ether oxygens (including phenoxy) is 2. The number of hydrogen-bond donors (Lipinski definition) is 1. The number of nitrogens with two attached hydrogens (primary N) is 1. The van der Waals surface area contributed by atoms with E-state index in [1.54, 1.807) is 13.3 Å². The third kappa shape index (κ3) is 3.89. The molecule has 32 heavy (non-hydrogen) atoms. The highest BCUT2D eigenvalue weighted by Gasteiger charge is 2.41. The first kappa shape index (κ1) is 20.7. The Balaban J connectivity index is 1.43. The van der Waals surface area contributed by atoms with E-state index in [4.69, 9.17) is 26.8 Å². The number of benzene rings is 1. The van der Waals surface area contributed by atoms with E-state index in [0.29, 0.717) is 29.3 Å². The number of piperazine rings is 1. The molecule has 9 nitrogen and oxygen atoms in total. The Morgan fingerprint density at radius 1 is 1.12 bits per heavy atom. The zero-order chi connectivity index (χ0) is 22.1. The van der Waals surface area contributed by atoms with E-state index in [1.807, 2.05) is 36.4 Å². The second kappa shape index (κ2) is 8.76. The number of para-hydroxylation sites is 1. The molecule has 2 aromatic heterocycles. The lowest BCUT2D eigenvalue weighted by molar-refractivity contribution is 0.0515. The minimum absolute atomic E-state index is 0.157. The van der Waals surface area contributed by atoms with Crippen LogP contribution in [0.3, 0.4) is 0 Å². The number of methoxy groups -OCH3 is 1. The molecule has 2 fully saturated rings. The quantitative estimate of drug-likeness (QED) is 0.445. The second-order valence-corrected chi connectivity index (χ2v) is 8.27.